The maximum atomic E-state index is 6.65. The lowest BCUT2D eigenvalue weighted by molar-refractivity contribution is -0.697. The van der Waals surface area contributed by atoms with Crippen molar-refractivity contribution in [3.05, 3.63) is 171 Å². The lowest BCUT2D eigenvalue weighted by atomic mass is 9.92. The fraction of sp³-hybridized carbons (Fsp3) is 0.0909. The van der Waals surface area contributed by atoms with Crippen LogP contribution in [-0.4, -0.2) is 23.2 Å². The SMILES string of the molecule is c1ccc2c(-c3c(OCC[n+]4ccc(-c5ccncc5)cc4)ccc4ccccc34)c(OCC[n+]3ccc(-c4ccncc4)cc3)ccc2c1. The van der Waals surface area contributed by atoms with Gasteiger partial charge in [-0.3, -0.25) is 9.97 Å². The van der Waals surface area contributed by atoms with E-state index < -0.39 is 0 Å². The van der Waals surface area contributed by atoms with E-state index in [-0.39, 0.29) is 0 Å². The molecule has 0 spiro atoms. The van der Waals surface area contributed by atoms with Crippen molar-refractivity contribution >= 4 is 21.5 Å². The van der Waals surface area contributed by atoms with Crippen molar-refractivity contribution in [3.63, 3.8) is 0 Å². The quantitative estimate of drug-likeness (QED) is 0.132. The number of aromatic nitrogens is 4. The Balaban J connectivity index is 1.07. The Kier molecular flexibility index (Phi) is 8.89. The molecule has 0 saturated carbocycles. The van der Waals surface area contributed by atoms with Crippen LogP contribution in [0.5, 0.6) is 11.5 Å². The summed E-state index contributed by atoms with van der Waals surface area (Å²) in [4.78, 5) is 8.27. The average molecular weight is 653 g/mol. The molecular formula is C44H36N4O2+2. The molecule has 8 rings (SSSR count). The number of rotatable bonds is 11. The molecule has 6 nitrogen and oxygen atoms in total. The molecule has 4 aromatic carbocycles. The summed E-state index contributed by atoms with van der Waals surface area (Å²) in [5, 5.41) is 4.56. The fourth-order valence-electron chi connectivity index (χ4n) is 6.47. The highest BCUT2D eigenvalue weighted by molar-refractivity contribution is 6.09. The van der Waals surface area contributed by atoms with Gasteiger partial charge in [-0.15, -0.1) is 0 Å². The zero-order valence-corrected chi connectivity index (χ0v) is 27.6. The van der Waals surface area contributed by atoms with Crippen LogP contribution in [0.4, 0.5) is 0 Å². The lowest BCUT2D eigenvalue weighted by Gasteiger charge is -2.19. The Morgan fingerprint density at radius 2 is 0.780 bits per heavy atom. The van der Waals surface area contributed by atoms with E-state index in [2.05, 4.69) is 141 Å². The maximum absolute atomic E-state index is 6.65. The summed E-state index contributed by atoms with van der Waals surface area (Å²) in [6.45, 7) is 2.44. The minimum atomic E-state index is 0.512. The van der Waals surface area contributed by atoms with Crippen LogP contribution in [0.25, 0.3) is 54.9 Å². The van der Waals surface area contributed by atoms with Gasteiger partial charge < -0.3 is 9.47 Å². The molecule has 0 aliphatic heterocycles. The van der Waals surface area contributed by atoms with Crippen molar-refractivity contribution in [1.29, 1.82) is 0 Å². The van der Waals surface area contributed by atoms with Crippen LogP contribution in [0.1, 0.15) is 0 Å². The molecule has 0 aliphatic carbocycles. The highest BCUT2D eigenvalue weighted by atomic mass is 16.5. The predicted molar refractivity (Wildman–Crippen MR) is 198 cm³/mol. The van der Waals surface area contributed by atoms with Gasteiger partial charge in [0.1, 0.15) is 24.7 Å². The van der Waals surface area contributed by atoms with Crippen molar-refractivity contribution in [1.82, 2.24) is 9.97 Å². The number of hydrogen-bond donors (Lipinski definition) is 0. The molecule has 242 valence electrons. The molecule has 4 heterocycles. The first-order valence-electron chi connectivity index (χ1n) is 16.9. The van der Waals surface area contributed by atoms with Crippen molar-refractivity contribution in [2.75, 3.05) is 13.2 Å². The molecule has 6 heteroatoms. The summed E-state index contributed by atoms with van der Waals surface area (Å²) in [5.41, 5.74) is 6.70. The van der Waals surface area contributed by atoms with Crippen LogP contribution in [0, 0.1) is 0 Å². The van der Waals surface area contributed by atoms with Crippen molar-refractivity contribution in [2.24, 2.45) is 0 Å². The van der Waals surface area contributed by atoms with Gasteiger partial charge in [-0.1, -0.05) is 60.7 Å². The molecule has 0 fully saturated rings. The van der Waals surface area contributed by atoms with Crippen LogP contribution in [0.3, 0.4) is 0 Å². The van der Waals surface area contributed by atoms with Gasteiger partial charge in [0.2, 0.25) is 0 Å². The molecule has 0 amide bonds. The first-order valence-corrected chi connectivity index (χ1v) is 16.9. The van der Waals surface area contributed by atoms with E-state index in [0.29, 0.717) is 26.3 Å². The Morgan fingerprint density at radius 3 is 1.20 bits per heavy atom. The van der Waals surface area contributed by atoms with Gasteiger partial charge in [-0.05, 0) is 80.2 Å². The third kappa shape index (κ3) is 6.64. The molecule has 0 unspecified atom stereocenters. The number of pyridine rings is 4. The molecule has 4 aromatic heterocycles. The van der Waals surface area contributed by atoms with Crippen LogP contribution in [0.15, 0.2) is 171 Å². The van der Waals surface area contributed by atoms with E-state index >= 15 is 0 Å². The van der Waals surface area contributed by atoms with Crippen molar-refractivity contribution < 1.29 is 18.6 Å². The van der Waals surface area contributed by atoms with E-state index in [1.54, 1.807) is 0 Å². The van der Waals surface area contributed by atoms with Gasteiger partial charge in [0.25, 0.3) is 0 Å². The molecular weight excluding hydrogens is 617 g/mol. The zero-order valence-electron chi connectivity index (χ0n) is 27.6. The van der Waals surface area contributed by atoms with Gasteiger partial charge in [-0.25, -0.2) is 9.13 Å². The topological polar surface area (TPSA) is 52.0 Å². The standard InChI is InChI=1S/C44H36N4O2/c1-3-7-39-37(5-1)9-11-41(49-31-29-47-25-17-35(18-26-47)33-13-21-45-22-14-33)43(39)44-40-8-4-2-6-38(40)10-12-42(44)50-32-30-48-27-19-36(20-28-48)34-15-23-46-24-16-34/h1-28H,29-32H2/q+2. The highest BCUT2D eigenvalue weighted by Crippen LogP contribution is 2.45. The molecule has 0 saturated heterocycles. The van der Waals surface area contributed by atoms with Crippen molar-refractivity contribution in [2.45, 2.75) is 13.1 Å². The first kappa shape index (κ1) is 30.9. The van der Waals surface area contributed by atoms with E-state index in [1.807, 2.05) is 49.1 Å². The summed E-state index contributed by atoms with van der Waals surface area (Å²) < 4.78 is 17.6. The molecule has 0 aliphatic rings. The smallest absolute Gasteiger partial charge is 0.182 e. The molecule has 0 N–H and O–H groups in total. The van der Waals surface area contributed by atoms with Crippen LogP contribution >= 0.6 is 0 Å². The number of fused-ring (bicyclic) bond motifs is 2. The summed E-state index contributed by atoms with van der Waals surface area (Å²) >= 11 is 0. The van der Waals surface area contributed by atoms with E-state index in [9.17, 15) is 0 Å². The Bertz CT molecular complexity index is 2190. The molecule has 50 heavy (non-hydrogen) atoms. The third-order valence-corrected chi connectivity index (χ3v) is 9.06. The second kappa shape index (κ2) is 14.4. The minimum Gasteiger partial charge on any atom is -0.486 e. The first-order chi connectivity index (χ1) is 24.8. The summed E-state index contributed by atoms with van der Waals surface area (Å²) in [6, 6.07) is 42.1. The Labute approximate surface area is 291 Å². The summed E-state index contributed by atoms with van der Waals surface area (Å²) in [5.74, 6) is 1.67. The third-order valence-electron chi connectivity index (χ3n) is 9.06. The van der Waals surface area contributed by atoms with E-state index in [1.165, 1.54) is 0 Å². The van der Waals surface area contributed by atoms with E-state index in [0.717, 1.165) is 66.4 Å². The summed E-state index contributed by atoms with van der Waals surface area (Å²) in [6.07, 6.45) is 15.7. The van der Waals surface area contributed by atoms with E-state index in [4.69, 9.17) is 9.47 Å². The molecule has 0 atom stereocenters. The number of benzene rings is 4. The van der Waals surface area contributed by atoms with Crippen LogP contribution in [-0.2, 0) is 13.1 Å². The normalized spacial score (nSPS) is 11.1. The van der Waals surface area contributed by atoms with Gasteiger partial charge >= 0.3 is 0 Å². The number of hydrogen-bond acceptors (Lipinski definition) is 4. The second-order valence-electron chi connectivity index (χ2n) is 12.1. The predicted octanol–water partition coefficient (Wildman–Crippen LogP) is 8.52. The number of nitrogens with zero attached hydrogens (tertiary/aromatic N) is 4. The number of ether oxygens (including phenoxy) is 2. The van der Waals surface area contributed by atoms with Gasteiger partial charge in [0.15, 0.2) is 37.9 Å². The fourth-order valence-corrected chi connectivity index (χ4v) is 6.47. The van der Waals surface area contributed by atoms with Crippen LogP contribution in [0.2, 0.25) is 0 Å². The largest absolute Gasteiger partial charge is 0.486 e. The lowest BCUT2D eigenvalue weighted by Crippen LogP contribution is -2.35. The Morgan fingerprint density at radius 1 is 0.400 bits per heavy atom. The minimum absolute atomic E-state index is 0.512. The average Bonchev–Trinajstić information content (AvgIpc) is 3.19. The van der Waals surface area contributed by atoms with Gasteiger partial charge in [-0.2, -0.15) is 0 Å². The second-order valence-corrected chi connectivity index (χ2v) is 12.1. The van der Waals surface area contributed by atoms with Gasteiger partial charge in [0, 0.05) is 60.2 Å². The summed E-state index contributed by atoms with van der Waals surface area (Å²) in [7, 11) is 0. The molecule has 8 aromatic rings. The van der Waals surface area contributed by atoms with Crippen molar-refractivity contribution in [3.8, 4) is 44.9 Å². The monoisotopic (exact) mass is 652 g/mol. The zero-order chi connectivity index (χ0) is 33.5. The van der Waals surface area contributed by atoms with Crippen LogP contribution < -0.4 is 18.6 Å². The Hall–Kier alpha value is -6.40. The molecule has 0 radical (unpaired) electrons. The maximum Gasteiger partial charge on any atom is 0.182 e. The molecule has 0 bridgehead atoms. The highest BCUT2D eigenvalue weighted by Gasteiger charge is 2.20. The van der Waals surface area contributed by atoms with Gasteiger partial charge in [0.05, 0.1) is 0 Å².